The summed E-state index contributed by atoms with van der Waals surface area (Å²) >= 11 is 0. The lowest BCUT2D eigenvalue weighted by Gasteiger charge is -2.41. The highest BCUT2D eigenvalue weighted by Crippen LogP contribution is 2.45. The molecule has 7 unspecified atom stereocenters. The topological polar surface area (TPSA) is 365 Å². The molecule has 7 atom stereocenters. The number of fused-ring (bicyclic) bond motifs is 4. The largest absolute Gasteiger partial charge is 0.388 e. The Labute approximate surface area is 825 Å². The average Bonchev–Trinajstić information content (AvgIpc) is 0.885. The first-order valence-corrected chi connectivity index (χ1v) is 57.4. The Bertz CT molecular complexity index is 6150. The normalized spacial score (nSPS) is 20.5. The molecule has 8 aliphatic rings. The number of aliphatic hydroxyl groups is 4. The van der Waals surface area contributed by atoms with Gasteiger partial charge < -0.3 is 56.0 Å². The molecule has 0 radical (unpaired) electrons. The number of rotatable bonds is 31. The van der Waals surface area contributed by atoms with Crippen molar-refractivity contribution in [2.75, 3.05) is 140 Å². The van der Waals surface area contributed by atoms with Gasteiger partial charge in [0.15, 0.2) is 0 Å². The van der Waals surface area contributed by atoms with E-state index in [9.17, 15) is 76.9 Å². The summed E-state index contributed by atoms with van der Waals surface area (Å²) in [5.41, 5.74) is 13.1. The molecular weight excluding hydrogens is 1860 g/mol. The Balaban J connectivity index is 0.000000156. The zero-order chi connectivity index (χ0) is 100. The lowest BCUT2D eigenvalue weighted by Crippen LogP contribution is -2.44. The van der Waals surface area contributed by atoms with Crippen LogP contribution in [-0.4, -0.2) is 189 Å². The number of piperidine rings is 2. The minimum atomic E-state index is -3.86. The van der Waals surface area contributed by atoms with Crippen molar-refractivity contribution in [1.29, 1.82) is 0 Å². The molecule has 139 heavy (non-hydrogen) atoms. The monoisotopic (exact) mass is 2000 g/mol. The highest BCUT2D eigenvalue weighted by Gasteiger charge is 2.40. The van der Waals surface area contributed by atoms with Crippen molar-refractivity contribution in [3.05, 3.63) is 214 Å². The summed E-state index contributed by atoms with van der Waals surface area (Å²) < 4.78 is 140. The SMILES string of the molecule is CCc1ccc(N(CC(C)C)S(=O)(=O)c2ccc3c(c2)C(O)CCN3C2CCS(=O)(=O)CC2)cc1.CCc1ccc(N(CC(C)C)S(=O)(=O)c2ccc3c(c2)C(O)CCN3CC2CCC(=O)NC2)cc1.CCc1ccc(N(CC(C)C)S(=O)(=O)c2ccc3c(c2)C(O)CCN3CC2CCNC(=O)C2)cc1.CCc1ccc(N(CC(C)C)S(=O)(=O)c2ccc3c(c2)C(O)CCN3CC2CNC(=O)C2)cc1. The van der Waals surface area contributed by atoms with E-state index in [1.807, 2.05) is 171 Å². The molecule has 756 valence electrons. The number of amides is 3. The molecule has 8 aliphatic heterocycles. The number of nitrogens with one attached hydrogen (secondary N) is 3. The van der Waals surface area contributed by atoms with Crippen LogP contribution in [0, 0.1) is 41.4 Å². The fraction of sp³-hybridized carbons (Fsp3) is 0.519. The van der Waals surface area contributed by atoms with Gasteiger partial charge in [0, 0.05) is 168 Å². The van der Waals surface area contributed by atoms with Gasteiger partial charge in [-0.15, -0.1) is 0 Å². The number of aryl methyl sites for hydroxylation is 4. The molecule has 0 saturated carbocycles. The maximum absolute atomic E-state index is 13.8. The average molecular weight is 2010 g/mol. The first kappa shape index (κ1) is 106. The van der Waals surface area contributed by atoms with Gasteiger partial charge in [0.05, 0.1) is 78.3 Å². The van der Waals surface area contributed by atoms with E-state index in [-0.39, 0.29) is 90.4 Å². The zero-order valence-corrected chi connectivity index (χ0v) is 86.8. The van der Waals surface area contributed by atoms with Crippen LogP contribution in [-0.2, 0) is 90.0 Å². The van der Waals surface area contributed by atoms with E-state index < -0.39 is 74.3 Å². The van der Waals surface area contributed by atoms with Crippen LogP contribution in [0.4, 0.5) is 45.5 Å². The third-order valence-electron chi connectivity index (χ3n) is 27.6. The Kier molecular flexibility index (Phi) is 35.6. The smallest absolute Gasteiger partial charge is 0.264 e. The molecule has 4 saturated heterocycles. The van der Waals surface area contributed by atoms with Gasteiger partial charge in [-0.1, -0.05) is 132 Å². The van der Waals surface area contributed by atoms with E-state index in [0.717, 1.165) is 96.6 Å². The van der Waals surface area contributed by atoms with E-state index in [1.165, 1.54) is 17.2 Å². The number of carbonyl (C=O) groups excluding carboxylic acids is 3. The number of sulfonamides is 4. The Morgan fingerprint density at radius 3 is 0.935 bits per heavy atom. The lowest BCUT2D eigenvalue weighted by molar-refractivity contribution is -0.124. The predicted octanol–water partition coefficient (Wildman–Crippen LogP) is 15.1. The minimum Gasteiger partial charge on any atom is -0.388 e. The van der Waals surface area contributed by atoms with Gasteiger partial charge in [0.1, 0.15) is 9.84 Å². The number of hydrogen-bond donors (Lipinski definition) is 7. The first-order chi connectivity index (χ1) is 66.1. The molecule has 0 aliphatic carbocycles. The molecule has 0 bridgehead atoms. The summed E-state index contributed by atoms with van der Waals surface area (Å²) in [6.07, 6.45) is 7.15. The van der Waals surface area contributed by atoms with E-state index in [0.29, 0.717) is 187 Å². The number of anilines is 8. The molecule has 8 aromatic rings. The van der Waals surface area contributed by atoms with Gasteiger partial charge in [0.2, 0.25) is 17.7 Å². The molecule has 33 heteroatoms. The second-order valence-corrected chi connectivity index (χ2v) is 49.9. The molecule has 0 aromatic heterocycles. The highest BCUT2D eigenvalue weighted by atomic mass is 32.2. The van der Waals surface area contributed by atoms with Gasteiger partial charge >= 0.3 is 0 Å². The van der Waals surface area contributed by atoms with Gasteiger partial charge in [-0.3, -0.25) is 31.6 Å². The number of carbonyl (C=O) groups is 3. The highest BCUT2D eigenvalue weighted by molar-refractivity contribution is 7.94. The second kappa shape index (κ2) is 46.5. The zero-order valence-electron chi connectivity index (χ0n) is 82.7. The van der Waals surface area contributed by atoms with Gasteiger partial charge in [-0.2, -0.15) is 0 Å². The molecular formula is C106H145N11O17S5. The van der Waals surface area contributed by atoms with Crippen LogP contribution in [0.5, 0.6) is 0 Å². The molecule has 4 fully saturated rings. The van der Waals surface area contributed by atoms with E-state index in [4.69, 9.17) is 0 Å². The van der Waals surface area contributed by atoms with Gasteiger partial charge in [0.25, 0.3) is 40.1 Å². The van der Waals surface area contributed by atoms with Crippen molar-refractivity contribution in [2.24, 2.45) is 41.4 Å². The summed E-state index contributed by atoms with van der Waals surface area (Å²) in [7, 11) is -18.3. The maximum atomic E-state index is 13.8. The third-order valence-corrected chi connectivity index (χ3v) is 36.5. The number of hydrogen-bond acceptors (Lipinski definition) is 21. The molecule has 3 amide bonds. The van der Waals surface area contributed by atoms with Crippen LogP contribution in [0.15, 0.2) is 189 Å². The number of benzene rings is 8. The van der Waals surface area contributed by atoms with E-state index in [1.54, 1.807) is 54.6 Å². The molecule has 28 nitrogen and oxygen atoms in total. The van der Waals surface area contributed by atoms with Crippen LogP contribution in [0.1, 0.15) is 223 Å². The van der Waals surface area contributed by atoms with E-state index in [2.05, 4.69) is 63.2 Å². The predicted molar refractivity (Wildman–Crippen MR) is 553 cm³/mol. The molecule has 16 rings (SSSR count). The summed E-state index contributed by atoms with van der Waals surface area (Å²) in [6.45, 7) is 32.6. The third kappa shape index (κ3) is 26.2. The lowest BCUT2D eigenvalue weighted by atomic mass is 9.93. The van der Waals surface area contributed by atoms with Crippen LogP contribution >= 0.6 is 0 Å². The van der Waals surface area contributed by atoms with Crippen molar-refractivity contribution in [2.45, 2.75) is 229 Å². The van der Waals surface area contributed by atoms with Gasteiger partial charge in [-0.05, 0) is 256 Å². The number of sulfone groups is 1. The van der Waals surface area contributed by atoms with Crippen molar-refractivity contribution in [3.8, 4) is 0 Å². The van der Waals surface area contributed by atoms with Crippen LogP contribution in [0.2, 0.25) is 0 Å². The molecule has 8 aromatic carbocycles. The summed E-state index contributed by atoms with van der Waals surface area (Å²) in [5, 5.41) is 51.7. The Hall–Kier alpha value is -9.84. The summed E-state index contributed by atoms with van der Waals surface area (Å²) in [5.74, 6) is 1.94. The number of aliphatic hydroxyl groups excluding tert-OH is 4. The fourth-order valence-corrected chi connectivity index (χ4v) is 27.9. The van der Waals surface area contributed by atoms with Gasteiger partial charge in [-0.25, -0.2) is 42.1 Å². The standard InChI is InChI=1S/2C27H37N3O4S.C26H35N3O4S.C26H36N2O5S2/c1-4-20-5-8-22(9-6-20)30(17-19(2)3)35(33,34)23-10-11-25-24(15-23)26(31)13-14-29(25)18-21-7-12-27(32)28-16-21;1-4-20-5-7-22(8-6-20)30(17-19(2)3)35(33,34)23-9-10-25-24(16-23)26(31)12-14-29(25)18-21-11-13-28-27(32)15-21;1-4-19-5-7-21(8-6-19)29(16-18(2)3)34(32,33)22-9-10-24-23(14-22)25(30)11-12-28(24)17-20-13-26(31)27-15-20;1-4-20-5-7-22(8-6-20)28(18-19(2)3)35(32,33)23-9-10-25-24(17-23)26(29)11-14-27(25)21-12-15-34(30,31)16-13-21/h5-6,8-11,15,19,21,26,31H,4,7,12-14,16-18H2,1-3H3,(H,28,32);5-10,16,19,21,26,31H,4,11-15,17-18H2,1-3H3,(H,28,32);5-10,14,18,20,25,30H,4,11-13,15-17H2,1-3H3,(H,27,31);5-10,17,19,21,26,29H,4,11-16,18H2,1-3H3. The van der Waals surface area contributed by atoms with Crippen LogP contribution < -0.4 is 52.8 Å². The van der Waals surface area contributed by atoms with Crippen molar-refractivity contribution >= 4 is 113 Å². The quantitative estimate of drug-likeness (QED) is 0.0212. The minimum absolute atomic E-state index is 0.0703. The van der Waals surface area contributed by atoms with Crippen LogP contribution in [0.25, 0.3) is 0 Å². The maximum Gasteiger partial charge on any atom is 0.264 e. The van der Waals surface area contributed by atoms with Crippen molar-refractivity contribution in [3.63, 3.8) is 0 Å². The van der Waals surface area contributed by atoms with Crippen molar-refractivity contribution < 1.29 is 76.9 Å². The Morgan fingerprint density at radius 2 is 0.633 bits per heavy atom. The first-order valence-electron chi connectivity index (χ1n) is 49.8. The Morgan fingerprint density at radius 1 is 0.345 bits per heavy atom. The van der Waals surface area contributed by atoms with Crippen LogP contribution in [0.3, 0.4) is 0 Å². The summed E-state index contributed by atoms with van der Waals surface area (Å²) in [4.78, 5) is 44.4. The van der Waals surface area contributed by atoms with Crippen molar-refractivity contribution in [1.82, 2.24) is 16.0 Å². The second-order valence-electron chi connectivity index (χ2n) is 40.1. The summed E-state index contributed by atoms with van der Waals surface area (Å²) in [6, 6.07) is 51.1. The number of nitrogens with zero attached hydrogens (tertiary/aromatic N) is 8. The fourth-order valence-electron chi connectivity index (χ4n) is 19.8. The molecule has 0 spiro atoms. The molecule has 7 N–H and O–H groups in total. The molecule has 8 heterocycles. The van der Waals surface area contributed by atoms with E-state index >= 15 is 0 Å².